The average molecular weight is 418 g/mol. The van der Waals surface area contributed by atoms with Crippen LogP contribution in [0, 0.1) is 29.2 Å². The van der Waals surface area contributed by atoms with Crippen LogP contribution in [0.3, 0.4) is 0 Å². The minimum atomic E-state index is -0.803. The van der Waals surface area contributed by atoms with Crippen LogP contribution in [0.1, 0.15) is 73.3 Å². The molecule has 1 unspecified atom stereocenters. The second kappa shape index (κ2) is 8.93. The highest BCUT2D eigenvalue weighted by atomic mass is 19.2. The van der Waals surface area contributed by atoms with Gasteiger partial charge in [-0.1, -0.05) is 49.8 Å². The molecule has 1 nitrogen and oxygen atoms in total. The van der Waals surface area contributed by atoms with E-state index in [0.29, 0.717) is 29.7 Å². The van der Waals surface area contributed by atoms with Gasteiger partial charge in [0.1, 0.15) is 6.10 Å². The van der Waals surface area contributed by atoms with Crippen molar-refractivity contribution in [3.8, 4) is 0 Å². The van der Waals surface area contributed by atoms with Gasteiger partial charge >= 0.3 is 0 Å². The van der Waals surface area contributed by atoms with Gasteiger partial charge in [-0.2, -0.15) is 0 Å². The molecule has 1 aliphatic heterocycles. The number of epoxide rings is 1. The monoisotopic (exact) mass is 418 g/mol. The van der Waals surface area contributed by atoms with Crippen LogP contribution in [0.15, 0.2) is 30.3 Å². The summed E-state index contributed by atoms with van der Waals surface area (Å²) in [4.78, 5) is 0. The lowest BCUT2D eigenvalue weighted by Gasteiger charge is -2.27. The van der Waals surface area contributed by atoms with E-state index in [1.807, 2.05) is 13.0 Å². The van der Waals surface area contributed by atoms with Crippen LogP contribution in [-0.2, 0) is 11.2 Å². The van der Waals surface area contributed by atoms with Crippen molar-refractivity contribution >= 4 is 6.08 Å². The van der Waals surface area contributed by atoms with E-state index in [-0.39, 0.29) is 23.5 Å². The topological polar surface area (TPSA) is 12.5 Å². The van der Waals surface area contributed by atoms with Crippen molar-refractivity contribution in [3.63, 3.8) is 0 Å². The van der Waals surface area contributed by atoms with Crippen LogP contribution < -0.4 is 0 Å². The molecule has 2 aliphatic rings. The quantitative estimate of drug-likeness (QED) is 0.355. The summed E-state index contributed by atoms with van der Waals surface area (Å²) in [7, 11) is 0. The van der Waals surface area contributed by atoms with E-state index in [4.69, 9.17) is 4.74 Å². The largest absolute Gasteiger partial charge is 0.368 e. The Morgan fingerprint density at radius 1 is 0.867 bits per heavy atom. The van der Waals surface area contributed by atoms with E-state index < -0.39 is 23.3 Å². The molecule has 30 heavy (non-hydrogen) atoms. The molecule has 2 aromatic carbocycles. The zero-order valence-electron chi connectivity index (χ0n) is 17.1. The summed E-state index contributed by atoms with van der Waals surface area (Å²) in [5.41, 5.74) is 1.38. The Labute approximate surface area is 174 Å². The fourth-order valence-corrected chi connectivity index (χ4v) is 4.43. The molecule has 0 aromatic heterocycles. The Balaban J connectivity index is 1.39. The van der Waals surface area contributed by atoms with E-state index in [0.717, 1.165) is 32.1 Å². The zero-order chi connectivity index (χ0) is 21.3. The van der Waals surface area contributed by atoms with E-state index in [1.54, 1.807) is 30.3 Å². The summed E-state index contributed by atoms with van der Waals surface area (Å²) in [5, 5.41) is 0. The van der Waals surface area contributed by atoms with Crippen LogP contribution in [0.4, 0.5) is 17.6 Å². The first-order valence-electron chi connectivity index (χ1n) is 10.7. The molecule has 1 heterocycles. The highest BCUT2D eigenvalue weighted by Gasteiger charge is 2.32. The van der Waals surface area contributed by atoms with Gasteiger partial charge in [0, 0.05) is 11.1 Å². The molecule has 0 bridgehead atoms. The molecule has 4 rings (SSSR count). The van der Waals surface area contributed by atoms with Crippen molar-refractivity contribution in [1.82, 2.24) is 0 Å². The van der Waals surface area contributed by atoms with Gasteiger partial charge in [0.05, 0.1) is 6.61 Å². The van der Waals surface area contributed by atoms with Crippen molar-refractivity contribution in [2.75, 3.05) is 6.61 Å². The second-order valence-electron chi connectivity index (χ2n) is 8.36. The molecule has 5 heteroatoms. The molecule has 2 aromatic rings. The van der Waals surface area contributed by atoms with Gasteiger partial charge in [-0.3, -0.25) is 0 Å². The molecule has 1 aliphatic carbocycles. The third kappa shape index (κ3) is 4.31. The second-order valence-corrected chi connectivity index (χ2v) is 8.36. The predicted octanol–water partition coefficient (Wildman–Crippen LogP) is 7.25. The van der Waals surface area contributed by atoms with Gasteiger partial charge in [0.25, 0.3) is 0 Å². The summed E-state index contributed by atoms with van der Waals surface area (Å²) in [6.45, 7) is 2.37. The molecule has 2 fully saturated rings. The van der Waals surface area contributed by atoms with Gasteiger partial charge in [0.15, 0.2) is 23.3 Å². The SMILES string of the molecule is CCCc1ccc(/C=C/C2CCC(c3ccc(C4CO4)c(F)c3F)CC2)c(F)c1F. The van der Waals surface area contributed by atoms with Gasteiger partial charge in [0.2, 0.25) is 0 Å². The average Bonchev–Trinajstić information content (AvgIpc) is 3.59. The number of aryl methyl sites for hydroxylation is 1. The number of ether oxygens (including phenoxy) is 1. The molecular weight excluding hydrogens is 392 g/mol. The van der Waals surface area contributed by atoms with Crippen molar-refractivity contribution in [3.05, 3.63) is 75.9 Å². The molecule has 160 valence electrons. The number of halogens is 4. The number of benzene rings is 2. The van der Waals surface area contributed by atoms with E-state index >= 15 is 0 Å². The summed E-state index contributed by atoms with van der Waals surface area (Å²) in [6, 6.07) is 6.59. The predicted molar refractivity (Wildman–Crippen MR) is 109 cm³/mol. The van der Waals surface area contributed by atoms with Crippen LogP contribution in [0.2, 0.25) is 0 Å². The lowest BCUT2D eigenvalue weighted by molar-refractivity contribution is 0.361. The van der Waals surface area contributed by atoms with Gasteiger partial charge in [-0.05, 0) is 55.1 Å². The van der Waals surface area contributed by atoms with E-state index in [9.17, 15) is 17.6 Å². The van der Waals surface area contributed by atoms with Crippen LogP contribution in [-0.4, -0.2) is 6.61 Å². The Hall–Kier alpha value is -2.14. The molecule has 1 saturated heterocycles. The molecule has 1 atom stereocenters. The lowest BCUT2D eigenvalue weighted by Crippen LogP contribution is -2.14. The molecule has 0 N–H and O–H groups in total. The summed E-state index contributed by atoms with van der Waals surface area (Å²) in [6.07, 6.45) is 7.59. The fraction of sp³-hybridized carbons (Fsp3) is 0.440. The van der Waals surface area contributed by atoms with E-state index in [2.05, 4.69) is 0 Å². The van der Waals surface area contributed by atoms with Crippen molar-refractivity contribution in [1.29, 1.82) is 0 Å². The first-order valence-corrected chi connectivity index (χ1v) is 10.7. The maximum absolute atomic E-state index is 14.5. The molecule has 0 spiro atoms. The normalized spacial score (nSPS) is 23.8. The highest BCUT2D eigenvalue weighted by molar-refractivity contribution is 5.51. The number of rotatable bonds is 6. The lowest BCUT2D eigenvalue weighted by atomic mass is 9.78. The van der Waals surface area contributed by atoms with E-state index in [1.165, 1.54) is 0 Å². The smallest absolute Gasteiger partial charge is 0.166 e. The first-order chi connectivity index (χ1) is 14.5. The zero-order valence-corrected chi connectivity index (χ0v) is 17.1. The fourth-order valence-electron chi connectivity index (χ4n) is 4.43. The third-order valence-electron chi connectivity index (χ3n) is 6.29. The van der Waals surface area contributed by atoms with Crippen LogP contribution in [0.25, 0.3) is 6.08 Å². The number of allylic oxidation sites excluding steroid dienone is 1. The van der Waals surface area contributed by atoms with Crippen molar-refractivity contribution in [2.24, 2.45) is 5.92 Å². The summed E-state index contributed by atoms with van der Waals surface area (Å²) < 4.78 is 62.3. The molecular formula is C25H26F4O. The van der Waals surface area contributed by atoms with Gasteiger partial charge in [-0.15, -0.1) is 0 Å². The highest BCUT2D eigenvalue weighted by Crippen LogP contribution is 2.40. The molecule has 1 saturated carbocycles. The Bertz CT molecular complexity index is 941. The Morgan fingerprint density at radius 3 is 2.20 bits per heavy atom. The minimum Gasteiger partial charge on any atom is -0.368 e. The summed E-state index contributed by atoms with van der Waals surface area (Å²) >= 11 is 0. The summed E-state index contributed by atoms with van der Waals surface area (Å²) in [5.74, 6) is -2.93. The molecule has 0 amide bonds. The van der Waals surface area contributed by atoms with Crippen LogP contribution in [0.5, 0.6) is 0 Å². The maximum atomic E-state index is 14.5. The standard InChI is InChI=1S/C25H26F4O/c1-2-3-17-10-11-18(23(27)22(17)26)9-6-15-4-7-16(8-5-15)19-12-13-20(21-14-30-21)25(29)24(19)28/h6,9-13,15-16,21H,2-5,7-8,14H2,1H3/b9-6+. The third-order valence-corrected chi connectivity index (χ3v) is 6.29. The Morgan fingerprint density at radius 2 is 1.53 bits per heavy atom. The maximum Gasteiger partial charge on any atom is 0.166 e. The number of hydrogen-bond acceptors (Lipinski definition) is 1. The van der Waals surface area contributed by atoms with Gasteiger partial charge in [-0.25, -0.2) is 17.6 Å². The number of hydrogen-bond donors (Lipinski definition) is 0. The van der Waals surface area contributed by atoms with Gasteiger partial charge < -0.3 is 4.74 Å². The first kappa shape index (κ1) is 21.1. The minimum absolute atomic E-state index is 0.0270. The Kier molecular flexibility index (Phi) is 6.28. The van der Waals surface area contributed by atoms with Crippen molar-refractivity contribution in [2.45, 2.75) is 57.5 Å². The van der Waals surface area contributed by atoms with Crippen molar-refractivity contribution < 1.29 is 22.3 Å². The molecule has 0 radical (unpaired) electrons. The van der Waals surface area contributed by atoms with Crippen LogP contribution >= 0.6 is 0 Å².